The molecule has 0 aliphatic rings. The largest absolute Gasteiger partial charge is 0.489 e. The molecule has 0 unspecified atom stereocenters. The monoisotopic (exact) mass is 445 g/mol. The maximum Gasteiger partial charge on any atom is 0.283 e. The molecule has 160 valence electrons. The summed E-state index contributed by atoms with van der Waals surface area (Å²) in [6.45, 7) is 2.13. The molecule has 0 saturated carbocycles. The molecule has 0 fully saturated rings. The highest BCUT2D eigenvalue weighted by atomic mass is 32.1. The third-order valence-electron chi connectivity index (χ3n) is 4.58. The lowest BCUT2D eigenvalue weighted by Gasteiger charge is -2.07. The van der Waals surface area contributed by atoms with Crippen LogP contribution < -0.4 is 10.2 Å². The van der Waals surface area contributed by atoms with Gasteiger partial charge in [0.25, 0.3) is 5.91 Å². The van der Waals surface area contributed by atoms with Crippen LogP contribution in [0.3, 0.4) is 0 Å². The third-order valence-corrected chi connectivity index (χ3v) is 5.79. The molecule has 1 heterocycles. The number of hydrazone groups is 1. The number of halogens is 1. The van der Waals surface area contributed by atoms with Crippen molar-refractivity contribution in [2.75, 3.05) is 0 Å². The van der Waals surface area contributed by atoms with Gasteiger partial charge in [0.05, 0.1) is 11.9 Å². The predicted molar refractivity (Wildman–Crippen MR) is 125 cm³/mol. The van der Waals surface area contributed by atoms with Crippen LogP contribution in [-0.4, -0.2) is 17.1 Å². The van der Waals surface area contributed by atoms with E-state index in [1.54, 1.807) is 18.3 Å². The van der Waals surface area contributed by atoms with Crippen molar-refractivity contribution >= 4 is 23.5 Å². The number of carbonyl (C=O) groups excluding carboxylic acids is 1. The van der Waals surface area contributed by atoms with Gasteiger partial charge in [-0.3, -0.25) is 4.79 Å². The zero-order chi connectivity index (χ0) is 22.3. The van der Waals surface area contributed by atoms with Crippen LogP contribution in [0.25, 0.3) is 10.6 Å². The Bertz CT molecular complexity index is 1240. The average molecular weight is 446 g/mol. The van der Waals surface area contributed by atoms with Crippen molar-refractivity contribution in [1.82, 2.24) is 10.4 Å². The minimum atomic E-state index is -0.304. The molecule has 0 atom stereocenters. The van der Waals surface area contributed by atoms with E-state index in [1.807, 2.05) is 61.5 Å². The number of aromatic nitrogens is 1. The van der Waals surface area contributed by atoms with E-state index < -0.39 is 0 Å². The Morgan fingerprint density at radius 1 is 1.09 bits per heavy atom. The Balaban J connectivity index is 1.37. The number of nitrogens with one attached hydrogen (secondary N) is 1. The van der Waals surface area contributed by atoms with Gasteiger partial charge in [0, 0.05) is 5.56 Å². The molecule has 0 spiro atoms. The second-order valence-corrected chi connectivity index (χ2v) is 7.99. The third kappa shape index (κ3) is 5.44. The summed E-state index contributed by atoms with van der Waals surface area (Å²) in [4.78, 5) is 17.6. The van der Waals surface area contributed by atoms with Gasteiger partial charge in [-0.2, -0.15) is 5.10 Å². The fourth-order valence-electron chi connectivity index (χ4n) is 2.96. The lowest BCUT2D eigenvalue weighted by atomic mass is 10.2. The van der Waals surface area contributed by atoms with Crippen molar-refractivity contribution in [2.45, 2.75) is 13.5 Å². The molecule has 1 aromatic heterocycles. The molecule has 32 heavy (non-hydrogen) atoms. The van der Waals surface area contributed by atoms with Crippen LogP contribution in [0.5, 0.6) is 5.75 Å². The Morgan fingerprint density at radius 3 is 2.66 bits per heavy atom. The number of nitrogens with zero attached hydrogens (tertiary/aromatic N) is 2. The Hall–Kier alpha value is -3.84. The van der Waals surface area contributed by atoms with E-state index in [-0.39, 0.29) is 11.7 Å². The topological polar surface area (TPSA) is 63.6 Å². The fraction of sp³-hybridized carbons (Fsp3) is 0.0800. The van der Waals surface area contributed by atoms with Crippen LogP contribution in [0.1, 0.15) is 26.5 Å². The van der Waals surface area contributed by atoms with Crippen LogP contribution in [-0.2, 0) is 6.61 Å². The number of amides is 1. The van der Waals surface area contributed by atoms with Crippen LogP contribution in [0.15, 0.2) is 84.0 Å². The van der Waals surface area contributed by atoms with Crippen molar-refractivity contribution in [1.29, 1.82) is 0 Å². The first-order valence-corrected chi connectivity index (χ1v) is 10.7. The number of thiazole rings is 1. The number of rotatable bonds is 7. The van der Waals surface area contributed by atoms with Crippen molar-refractivity contribution in [3.8, 4) is 16.3 Å². The molecule has 3 aromatic carbocycles. The maximum atomic E-state index is 13.0. The zero-order valence-corrected chi connectivity index (χ0v) is 18.1. The smallest absolute Gasteiger partial charge is 0.283 e. The highest BCUT2D eigenvalue weighted by Crippen LogP contribution is 2.27. The Morgan fingerprint density at radius 2 is 1.88 bits per heavy atom. The molecule has 0 saturated heterocycles. The van der Waals surface area contributed by atoms with Gasteiger partial charge in [0.1, 0.15) is 28.1 Å². The van der Waals surface area contributed by atoms with Crippen LogP contribution >= 0.6 is 11.3 Å². The number of hydrogen-bond acceptors (Lipinski definition) is 5. The summed E-state index contributed by atoms with van der Waals surface area (Å²) in [5, 5.41) is 4.86. The van der Waals surface area contributed by atoms with Crippen molar-refractivity contribution in [3.63, 3.8) is 0 Å². The SMILES string of the molecule is Cc1nc(-c2ccccc2)sc1C(=O)N/N=C/c1cccc(OCc2ccc(F)cc2)c1. The van der Waals surface area contributed by atoms with Gasteiger partial charge < -0.3 is 4.74 Å². The molecule has 0 radical (unpaired) electrons. The van der Waals surface area contributed by atoms with Crippen LogP contribution in [0, 0.1) is 12.7 Å². The lowest BCUT2D eigenvalue weighted by molar-refractivity contribution is 0.0958. The summed E-state index contributed by atoms with van der Waals surface area (Å²) >= 11 is 1.33. The van der Waals surface area contributed by atoms with E-state index >= 15 is 0 Å². The molecule has 0 bridgehead atoms. The molecular formula is C25H20FN3O2S. The molecule has 5 nitrogen and oxygen atoms in total. The van der Waals surface area contributed by atoms with Crippen molar-refractivity contribution in [2.24, 2.45) is 5.10 Å². The van der Waals surface area contributed by atoms with Gasteiger partial charge in [0.2, 0.25) is 0 Å². The van der Waals surface area contributed by atoms with Crippen LogP contribution in [0.2, 0.25) is 0 Å². The second-order valence-electron chi connectivity index (χ2n) is 6.99. The first-order valence-electron chi connectivity index (χ1n) is 9.92. The molecule has 0 aliphatic heterocycles. The molecule has 1 N–H and O–H groups in total. The van der Waals surface area contributed by atoms with E-state index in [2.05, 4.69) is 15.5 Å². The predicted octanol–water partition coefficient (Wildman–Crippen LogP) is 5.60. The second kappa shape index (κ2) is 9.98. The van der Waals surface area contributed by atoms with E-state index in [0.29, 0.717) is 22.9 Å². The highest BCUT2D eigenvalue weighted by Gasteiger charge is 2.15. The van der Waals surface area contributed by atoms with Gasteiger partial charge in [-0.1, -0.05) is 54.6 Å². The highest BCUT2D eigenvalue weighted by molar-refractivity contribution is 7.17. The normalized spacial score (nSPS) is 10.9. The minimum Gasteiger partial charge on any atom is -0.489 e. The molecule has 0 aliphatic carbocycles. The van der Waals surface area contributed by atoms with Crippen LogP contribution in [0.4, 0.5) is 4.39 Å². The quantitative estimate of drug-likeness (QED) is 0.297. The van der Waals surface area contributed by atoms with Crippen molar-refractivity contribution in [3.05, 3.63) is 106 Å². The number of aryl methyl sites for hydroxylation is 1. The standard InChI is InChI=1S/C25H20FN3O2S/c1-17-23(32-25(28-17)20-7-3-2-4-8-20)24(30)29-27-15-19-6-5-9-22(14-19)31-16-18-10-12-21(26)13-11-18/h2-15H,16H2,1H3,(H,29,30)/b27-15+. The summed E-state index contributed by atoms with van der Waals surface area (Å²) in [6.07, 6.45) is 1.55. The minimum absolute atomic E-state index is 0.279. The molecule has 4 rings (SSSR count). The molecule has 1 amide bonds. The van der Waals surface area contributed by atoms with Crippen molar-refractivity contribution < 1.29 is 13.9 Å². The summed E-state index contributed by atoms with van der Waals surface area (Å²) in [5.74, 6) is 0.0661. The average Bonchev–Trinajstić information content (AvgIpc) is 3.21. The maximum absolute atomic E-state index is 13.0. The van der Waals surface area contributed by atoms with Gasteiger partial charge in [-0.05, 0) is 42.3 Å². The molecule has 7 heteroatoms. The number of benzene rings is 3. The van der Waals surface area contributed by atoms with E-state index in [4.69, 9.17) is 4.74 Å². The first kappa shape index (κ1) is 21.4. The molecular weight excluding hydrogens is 425 g/mol. The number of hydrogen-bond donors (Lipinski definition) is 1. The number of carbonyl (C=O) groups is 1. The van der Waals surface area contributed by atoms with Gasteiger partial charge in [0.15, 0.2) is 0 Å². The van der Waals surface area contributed by atoms with E-state index in [1.165, 1.54) is 23.5 Å². The fourth-order valence-corrected chi connectivity index (χ4v) is 3.92. The van der Waals surface area contributed by atoms with E-state index in [0.717, 1.165) is 21.7 Å². The van der Waals surface area contributed by atoms with E-state index in [9.17, 15) is 9.18 Å². The van der Waals surface area contributed by atoms with Gasteiger partial charge in [-0.25, -0.2) is 14.8 Å². The zero-order valence-electron chi connectivity index (χ0n) is 17.3. The van der Waals surface area contributed by atoms with Gasteiger partial charge in [-0.15, -0.1) is 11.3 Å². The summed E-state index contributed by atoms with van der Waals surface area (Å²) in [5.41, 5.74) is 5.84. The summed E-state index contributed by atoms with van der Waals surface area (Å²) < 4.78 is 18.8. The van der Waals surface area contributed by atoms with Gasteiger partial charge >= 0.3 is 0 Å². The Labute approximate surface area is 189 Å². The summed E-state index contributed by atoms with van der Waals surface area (Å²) in [6, 6.07) is 23.2. The molecule has 4 aromatic rings. The lowest BCUT2D eigenvalue weighted by Crippen LogP contribution is -2.17. The first-order chi connectivity index (χ1) is 15.6. The number of ether oxygens (including phenoxy) is 1. The Kier molecular flexibility index (Phi) is 6.67. The summed E-state index contributed by atoms with van der Waals surface area (Å²) in [7, 11) is 0.